The van der Waals surface area contributed by atoms with E-state index in [2.05, 4.69) is 44.9 Å². The topological polar surface area (TPSA) is 93.2 Å². The van der Waals surface area contributed by atoms with Crippen LogP contribution in [-0.4, -0.2) is 39.0 Å². The maximum atomic E-state index is 5.29. The first-order valence-corrected chi connectivity index (χ1v) is 10.0. The highest BCUT2D eigenvalue weighted by Crippen LogP contribution is 2.12. The number of nitrogens with zero attached hydrogens (tertiary/aromatic N) is 5. The Hall–Kier alpha value is -2.43. The van der Waals surface area contributed by atoms with E-state index in [9.17, 15) is 0 Å². The fourth-order valence-electron chi connectivity index (χ4n) is 2.83. The Morgan fingerprint density at radius 2 is 1.97 bits per heavy atom. The molecule has 8 nitrogen and oxygen atoms in total. The zero-order valence-corrected chi connectivity index (χ0v) is 20.0. The zero-order chi connectivity index (χ0) is 20.5. The van der Waals surface area contributed by atoms with E-state index in [1.54, 1.807) is 6.20 Å². The van der Waals surface area contributed by atoms with Gasteiger partial charge < -0.3 is 15.2 Å². The molecule has 0 fully saturated rings. The number of benzene rings is 1. The van der Waals surface area contributed by atoms with Gasteiger partial charge in [0.25, 0.3) is 0 Å². The van der Waals surface area contributed by atoms with Crippen LogP contribution in [-0.2, 0) is 19.5 Å². The summed E-state index contributed by atoms with van der Waals surface area (Å²) in [6.07, 6.45) is 4.41. The molecule has 0 spiro atoms. The number of nitrogens with one attached hydrogen (secondary N) is 2. The van der Waals surface area contributed by atoms with E-state index in [4.69, 9.17) is 9.52 Å². The van der Waals surface area contributed by atoms with Gasteiger partial charge in [0.1, 0.15) is 0 Å². The largest absolute Gasteiger partial charge is 0.357 e. The van der Waals surface area contributed by atoms with Crippen molar-refractivity contribution in [2.45, 2.75) is 46.2 Å². The van der Waals surface area contributed by atoms with E-state index < -0.39 is 0 Å². The second kappa shape index (κ2) is 12.3. The molecule has 0 amide bonds. The average Bonchev–Trinajstić information content (AvgIpc) is 3.39. The summed E-state index contributed by atoms with van der Waals surface area (Å²) in [6, 6.07) is 10.2. The molecule has 0 aliphatic carbocycles. The van der Waals surface area contributed by atoms with Crippen LogP contribution in [0.2, 0.25) is 0 Å². The van der Waals surface area contributed by atoms with E-state index in [1.807, 2.05) is 42.9 Å². The summed E-state index contributed by atoms with van der Waals surface area (Å²) in [7, 11) is 0. The lowest BCUT2D eigenvalue weighted by Gasteiger charge is -2.12. The number of halogens is 1. The van der Waals surface area contributed by atoms with Crippen molar-refractivity contribution in [1.29, 1.82) is 0 Å². The fraction of sp³-hybridized carbons (Fsp3) is 0.429. The lowest BCUT2D eigenvalue weighted by atomic mass is 10.1. The van der Waals surface area contributed by atoms with Crippen molar-refractivity contribution in [3.05, 3.63) is 65.6 Å². The third kappa shape index (κ3) is 7.12. The number of rotatable bonds is 9. The van der Waals surface area contributed by atoms with Gasteiger partial charge in [-0.25, -0.2) is 4.99 Å². The molecule has 3 rings (SSSR count). The monoisotopic (exact) mass is 523 g/mol. The fourth-order valence-corrected chi connectivity index (χ4v) is 2.83. The summed E-state index contributed by atoms with van der Waals surface area (Å²) in [5.41, 5.74) is 2.39. The standard InChI is InChI=1S/C21H29N7O.HI/c1-4-22-21(23-12-10-19-26-20(16(2)3)27-29-19)24-14-17-8-5-6-9-18(17)15-28-13-7-11-25-28;/h5-9,11,13,16H,4,10,12,14-15H2,1-3H3,(H2,22,23,24);1H. The van der Waals surface area contributed by atoms with E-state index in [-0.39, 0.29) is 29.9 Å². The molecule has 162 valence electrons. The SMILES string of the molecule is CCNC(=NCc1ccccc1Cn1cccn1)NCCc1nc(C(C)C)no1.I. The minimum atomic E-state index is 0. The minimum absolute atomic E-state index is 0. The molecular weight excluding hydrogens is 493 g/mol. The van der Waals surface area contributed by atoms with Crippen molar-refractivity contribution < 1.29 is 4.52 Å². The molecule has 2 N–H and O–H groups in total. The molecular formula is C21H30IN7O. The highest BCUT2D eigenvalue weighted by molar-refractivity contribution is 14.0. The van der Waals surface area contributed by atoms with Crippen LogP contribution in [0.1, 0.15) is 49.5 Å². The number of aromatic nitrogens is 4. The van der Waals surface area contributed by atoms with Crippen molar-refractivity contribution in [3.8, 4) is 0 Å². The van der Waals surface area contributed by atoms with Gasteiger partial charge in [-0.2, -0.15) is 10.1 Å². The van der Waals surface area contributed by atoms with Gasteiger partial charge in [-0.1, -0.05) is 43.3 Å². The number of hydrogen-bond donors (Lipinski definition) is 2. The molecule has 0 saturated heterocycles. The Labute approximate surface area is 194 Å². The summed E-state index contributed by atoms with van der Waals surface area (Å²) in [6.45, 7) is 8.93. The van der Waals surface area contributed by atoms with Crippen LogP contribution in [0.5, 0.6) is 0 Å². The lowest BCUT2D eigenvalue weighted by molar-refractivity contribution is 0.371. The number of hydrogen-bond acceptors (Lipinski definition) is 5. The first kappa shape index (κ1) is 23.8. The van der Waals surface area contributed by atoms with Crippen LogP contribution in [0.4, 0.5) is 0 Å². The molecule has 0 atom stereocenters. The van der Waals surface area contributed by atoms with Crippen molar-refractivity contribution >= 4 is 29.9 Å². The van der Waals surface area contributed by atoms with Gasteiger partial charge >= 0.3 is 0 Å². The summed E-state index contributed by atoms with van der Waals surface area (Å²) in [4.78, 5) is 9.14. The molecule has 0 aliphatic heterocycles. The van der Waals surface area contributed by atoms with E-state index in [0.29, 0.717) is 25.4 Å². The molecule has 3 aromatic rings. The Bertz CT molecular complexity index is 906. The molecule has 1 aromatic carbocycles. The Kier molecular flexibility index (Phi) is 9.78. The summed E-state index contributed by atoms with van der Waals surface area (Å²) in [5, 5.41) is 14.9. The first-order chi connectivity index (χ1) is 14.2. The molecule has 2 heterocycles. The van der Waals surface area contributed by atoms with Crippen molar-refractivity contribution in [2.75, 3.05) is 13.1 Å². The molecule has 0 saturated carbocycles. The maximum absolute atomic E-state index is 5.29. The Balaban J connectivity index is 0.00000320. The van der Waals surface area contributed by atoms with Gasteiger partial charge in [0, 0.05) is 37.8 Å². The van der Waals surface area contributed by atoms with Crippen LogP contribution >= 0.6 is 24.0 Å². The number of guanidine groups is 1. The molecule has 0 aliphatic rings. The van der Waals surface area contributed by atoms with Gasteiger partial charge in [0.05, 0.1) is 13.1 Å². The maximum Gasteiger partial charge on any atom is 0.228 e. The van der Waals surface area contributed by atoms with Gasteiger partial charge in [-0.05, 0) is 24.1 Å². The quantitative estimate of drug-likeness (QED) is 0.254. The third-order valence-corrected chi connectivity index (χ3v) is 4.39. The smallest absolute Gasteiger partial charge is 0.228 e. The van der Waals surface area contributed by atoms with Gasteiger partial charge in [-0.3, -0.25) is 4.68 Å². The van der Waals surface area contributed by atoms with Gasteiger partial charge in [-0.15, -0.1) is 24.0 Å². The molecule has 2 aromatic heterocycles. The van der Waals surface area contributed by atoms with Crippen molar-refractivity contribution in [1.82, 2.24) is 30.6 Å². The van der Waals surface area contributed by atoms with Crippen LogP contribution in [0.15, 0.2) is 52.2 Å². The van der Waals surface area contributed by atoms with Gasteiger partial charge in [0.2, 0.25) is 5.89 Å². The van der Waals surface area contributed by atoms with Gasteiger partial charge in [0.15, 0.2) is 11.8 Å². The van der Waals surface area contributed by atoms with Crippen LogP contribution in [0.25, 0.3) is 0 Å². The highest BCUT2D eigenvalue weighted by atomic mass is 127. The average molecular weight is 523 g/mol. The normalized spacial score (nSPS) is 11.4. The molecule has 9 heteroatoms. The Morgan fingerprint density at radius 3 is 2.63 bits per heavy atom. The highest BCUT2D eigenvalue weighted by Gasteiger charge is 2.09. The molecule has 30 heavy (non-hydrogen) atoms. The second-order valence-electron chi connectivity index (χ2n) is 7.05. The van der Waals surface area contributed by atoms with E-state index in [1.165, 1.54) is 11.1 Å². The van der Waals surface area contributed by atoms with Crippen molar-refractivity contribution in [2.24, 2.45) is 4.99 Å². The zero-order valence-electron chi connectivity index (χ0n) is 17.7. The second-order valence-corrected chi connectivity index (χ2v) is 7.05. The lowest BCUT2D eigenvalue weighted by Crippen LogP contribution is -2.38. The summed E-state index contributed by atoms with van der Waals surface area (Å²) >= 11 is 0. The predicted molar refractivity (Wildman–Crippen MR) is 128 cm³/mol. The predicted octanol–water partition coefficient (Wildman–Crippen LogP) is 3.35. The summed E-state index contributed by atoms with van der Waals surface area (Å²) in [5.74, 6) is 2.42. The van der Waals surface area contributed by atoms with Crippen molar-refractivity contribution in [3.63, 3.8) is 0 Å². The molecule has 0 unspecified atom stereocenters. The van der Waals surface area contributed by atoms with Crippen LogP contribution < -0.4 is 10.6 Å². The third-order valence-electron chi connectivity index (χ3n) is 4.39. The summed E-state index contributed by atoms with van der Waals surface area (Å²) < 4.78 is 7.21. The van der Waals surface area contributed by atoms with Crippen LogP contribution in [0, 0.1) is 0 Å². The van der Waals surface area contributed by atoms with E-state index in [0.717, 1.165) is 24.9 Å². The minimum Gasteiger partial charge on any atom is -0.357 e. The van der Waals surface area contributed by atoms with Crippen LogP contribution in [0.3, 0.4) is 0 Å². The molecule has 0 radical (unpaired) electrons. The first-order valence-electron chi connectivity index (χ1n) is 10.0. The van der Waals surface area contributed by atoms with E-state index >= 15 is 0 Å². The molecule has 0 bridgehead atoms. The number of aliphatic imine (C=N–C) groups is 1. The Morgan fingerprint density at radius 1 is 1.17 bits per heavy atom.